The maximum atomic E-state index is 10.8. The van der Waals surface area contributed by atoms with Gasteiger partial charge in [-0.15, -0.1) is 0 Å². The number of amides is 1. The average molecular weight is 366 g/mol. The highest BCUT2D eigenvalue weighted by Crippen LogP contribution is 2.51. The minimum absolute atomic E-state index is 0.00963. The summed E-state index contributed by atoms with van der Waals surface area (Å²) in [6, 6.07) is 10.2. The van der Waals surface area contributed by atoms with Crippen LogP contribution in [0.25, 0.3) is 11.1 Å². The molecule has 2 atom stereocenters. The van der Waals surface area contributed by atoms with Gasteiger partial charge in [-0.3, -0.25) is 14.6 Å². The molecule has 4 rings (SSSR count). The number of hydrogen-bond acceptors (Lipinski definition) is 4. The summed E-state index contributed by atoms with van der Waals surface area (Å²) in [5, 5.41) is 2.45. The first-order valence-electron chi connectivity index (χ1n) is 8.29. The van der Waals surface area contributed by atoms with Crippen molar-refractivity contribution in [1.82, 2.24) is 14.8 Å². The number of carbonyl (C=O) groups is 2. The van der Waals surface area contributed by atoms with E-state index in [-0.39, 0.29) is 29.0 Å². The molecule has 0 spiro atoms. The topological polar surface area (TPSA) is 59.1 Å². The normalized spacial score (nSPS) is 23.3. The van der Waals surface area contributed by atoms with E-state index in [1.165, 1.54) is 22.5 Å². The predicted molar refractivity (Wildman–Crippen MR) is 107 cm³/mol. The molecule has 2 aliphatic rings. The Labute approximate surface area is 157 Å². The van der Waals surface area contributed by atoms with E-state index in [0.717, 1.165) is 0 Å². The van der Waals surface area contributed by atoms with E-state index >= 15 is 0 Å². The van der Waals surface area contributed by atoms with E-state index in [1.807, 2.05) is 18.6 Å². The summed E-state index contributed by atoms with van der Waals surface area (Å²) in [5.74, 6) is -0.285. The molecular formula is C20H20N3O2S+. The van der Waals surface area contributed by atoms with Crippen LogP contribution in [0, 0.1) is 0 Å². The molecule has 1 aromatic heterocycles. The zero-order chi connectivity index (χ0) is 18.9. The molecule has 2 unspecified atom stereocenters. The van der Waals surface area contributed by atoms with Crippen LogP contribution in [0.1, 0.15) is 13.3 Å². The number of thiocarbonyl (C=S) groups is 1. The second kappa shape index (κ2) is 6.90. The minimum atomic E-state index is -0.362. The molecular weight excluding hydrogens is 346 g/mol. The second-order valence-corrected chi connectivity index (χ2v) is 6.92. The molecule has 0 saturated carbocycles. The molecule has 2 aromatic rings. The van der Waals surface area contributed by atoms with E-state index in [1.54, 1.807) is 6.92 Å². The molecule has 26 heavy (non-hydrogen) atoms. The number of fused-ring (bicyclic) bond motifs is 3. The molecule has 1 saturated heterocycles. The van der Waals surface area contributed by atoms with Crippen molar-refractivity contribution >= 4 is 40.1 Å². The fourth-order valence-electron chi connectivity index (χ4n) is 3.17. The number of carbonyl (C=O) groups excluding carboxylic acids is 2. The smallest absolute Gasteiger partial charge is 0.259 e. The van der Waals surface area contributed by atoms with Crippen molar-refractivity contribution in [2.75, 3.05) is 7.05 Å². The molecule has 5 nitrogen and oxygen atoms in total. The first-order chi connectivity index (χ1) is 12.4. The Bertz CT molecular complexity index is 877. The van der Waals surface area contributed by atoms with Gasteiger partial charge in [-0.1, -0.05) is 24.4 Å². The van der Waals surface area contributed by atoms with Gasteiger partial charge in [0.1, 0.15) is 0 Å². The largest absolute Gasteiger partial charge is 0.342 e. The van der Waals surface area contributed by atoms with E-state index in [2.05, 4.69) is 66.5 Å². The Hall–Kier alpha value is -2.70. The van der Waals surface area contributed by atoms with Gasteiger partial charge in [0, 0.05) is 24.2 Å². The van der Waals surface area contributed by atoms with Crippen LogP contribution >= 0.6 is 12.2 Å². The number of nitrogens with one attached hydrogen (secondary N) is 1. The Morgan fingerprint density at radius 3 is 2.62 bits per heavy atom. The Morgan fingerprint density at radius 1 is 1.23 bits per heavy atom. The summed E-state index contributed by atoms with van der Waals surface area (Å²) in [4.78, 5) is 26.0. The van der Waals surface area contributed by atoms with Crippen LogP contribution in [-0.2, 0) is 9.59 Å². The van der Waals surface area contributed by atoms with Gasteiger partial charge < -0.3 is 5.32 Å². The number of pyridine rings is 1. The molecule has 1 amide bonds. The van der Waals surface area contributed by atoms with Gasteiger partial charge in [-0.05, 0) is 25.6 Å². The first kappa shape index (κ1) is 18.1. The highest BCUT2D eigenvalue weighted by Gasteiger charge is 2.38. The van der Waals surface area contributed by atoms with Crippen LogP contribution in [0.4, 0.5) is 11.4 Å². The van der Waals surface area contributed by atoms with Gasteiger partial charge in [-0.25, -0.2) is 4.48 Å². The van der Waals surface area contributed by atoms with Crippen molar-refractivity contribution in [1.29, 1.82) is 0 Å². The van der Waals surface area contributed by atoms with Crippen LogP contribution in [0.15, 0.2) is 55.5 Å². The van der Waals surface area contributed by atoms with Gasteiger partial charge in [0.05, 0.1) is 35.9 Å². The van der Waals surface area contributed by atoms with Crippen molar-refractivity contribution in [3.05, 3.63) is 55.5 Å². The lowest BCUT2D eigenvalue weighted by Gasteiger charge is -2.24. The van der Waals surface area contributed by atoms with Crippen molar-refractivity contribution in [3.63, 3.8) is 0 Å². The molecule has 1 aromatic carbocycles. The van der Waals surface area contributed by atoms with Gasteiger partial charge in [0.15, 0.2) is 17.2 Å². The number of rotatable bonds is 1. The van der Waals surface area contributed by atoms with Crippen molar-refractivity contribution in [2.45, 2.75) is 19.4 Å². The molecule has 0 aliphatic carbocycles. The maximum absolute atomic E-state index is 10.8. The third-order valence-corrected chi connectivity index (χ3v) is 5.11. The number of Topliss-reactive ketones (excluding diaryl/α,β-unsaturated/α-hetero) is 1. The summed E-state index contributed by atoms with van der Waals surface area (Å²) < 4.78 is 0.624. The molecule has 132 valence electrons. The number of ketones is 1. The molecule has 1 N–H and O–H groups in total. The van der Waals surface area contributed by atoms with E-state index in [4.69, 9.17) is 0 Å². The van der Waals surface area contributed by atoms with Crippen molar-refractivity contribution in [3.8, 4) is 11.1 Å². The minimum Gasteiger partial charge on any atom is -0.342 e. The zero-order valence-corrected chi connectivity index (χ0v) is 15.5. The standard InChI is InChI=1S/C14H13N2.C6H7NO2S/c1-3-16(2)13-7-5-4-6-11(13)12-8-9-15-10-14(12)16;1-3-4(8)2-5(10)6(9)7-3/h3-10H,1H2,2H3;3H,2H2,1H3,(H,7,9)/q+1;. The molecule has 0 radical (unpaired) electrons. The number of aromatic nitrogens is 1. The lowest BCUT2D eigenvalue weighted by atomic mass is 10.0. The number of hydrogen-bond donors (Lipinski definition) is 1. The highest BCUT2D eigenvalue weighted by atomic mass is 32.1. The van der Waals surface area contributed by atoms with Crippen LogP contribution in [0.2, 0.25) is 0 Å². The van der Waals surface area contributed by atoms with Gasteiger partial charge in [0.2, 0.25) is 0 Å². The lowest BCUT2D eigenvalue weighted by molar-refractivity contribution is -0.125. The van der Waals surface area contributed by atoms with E-state index in [9.17, 15) is 9.59 Å². The highest BCUT2D eigenvalue weighted by molar-refractivity contribution is 7.82. The summed E-state index contributed by atoms with van der Waals surface area (Å²) in [5.41, 5.74) is 4.99. The van der Waals surface area contributed by atoms with E-state index < -0.39 is 0 Å². The molecule has 3 heterocycles. The van der Waals surface area contributed by atoms with Gasteiger partial charge in [-0.2, -0.15) is 0 Å². The van der Waals surface area contributed by atoms with Crippen LogP contribution in [0.3, 0.4) is 0 Å². The van der Waals surface area contributed by atoms with Crippen LogP contribution in [-0.4, -0.2) is 34.6 Å². The quantitative estimate of drug-likeness (QED) is 0.621. The second-order valence-electron chi connectivity index (χ2n) is 6.43. The third-order valence-electron chi connectivity index (χ3n) is 4.78. The van der Waals surface area contributed by atoms with Crippen molar-refractivity contribution in [2.24, 2.45) is 0 Å². The lowest BCUT2D eigenvalue weighted by Crippen LogP contribution is -2.48. The van der Waals surface area contributed by atoms with Gasteiger partial charge >= 0.3 is 0 Å². The summed E-state index contributed by atoms with van der Waals surface area (Å²) >= 11 is 4.63. The molecule has 6 heteroatoms. The van der Waals surface area contributed by atoms with E-state index in [0.29, 0.717) is 4.48 Å². The SMILES string of the molecule is C=C[N+]1(C)c2ccccc2-c2ccncc21.CC1NC(=O)C(=S)CC1=O. The number of nitrogens with zero attached hydrogens (tertiary/aromatic N) is 2. The molecule has 2 aliphatic heterocycles. The summed E-state index contributed by atoms with van der Waals surface area (Å²) in [7, 11) is 2.14. The summed E-state index contributed by atoms with van der Waals surface area (Å²) in [6.45, 7) is 5.61. The predicted octanol–water partition coefficient (Wildman–Crippen LogP) is 3.31. The molecule has 1 fully saturated rings. The number of piperidine rings is 1. The first-order valence-corrected chi connectivity index (χ1v) is 8.70. The Kier molecular flexibility index (Phi) is 4.80. The Balaban J connectivity index is 0.000000170. The third kappa shape index (κ3) is 2.98. The Morgan fingerprint density at radius 2 is 1.92 bits per heavy atom. The van der Waals surface area contributed by atoms with Gasteiger partial charge in [0.25, 0.3) is 5.91 Å². The fourth-order valence-corrected chi connectivity index (χ4v) is 3.37. The average Bonchev–Trinajstić information content (AvgIpc) is 2.91. The van der Waals surface area contributed by atoms with Crippen molar-refractivity contribution < 1.29 is 9.59 Å². The number of quaternary nitrogens is 1. The maximum Gasteiger partial charge on any atom is 0.259 e. The number of benzene rings is 1. The van der Waals surface area contributed by atoms with Crippen LogP contribution in [0.5, 0.6) is 0 Å². The fraction of sp³-hybridized carbons (Fsp3) is 0.200. The summed E-state index contributed by atoms with van der Waals surface area (Å²) in [6.07, 6.45) is 5.85. The number of para-hydroxylation sites is 1. The monoisotopic (exact) mass is 366 g/mol. The van der Waals surface area contributed by atoms with Crippen LogP contribution < -0.4 is 9.80 Å². The zero-order valence-electron chi connectivity index (χ0n) is 14.7. The molecule has 0 bridgehead atoms.